The van der Waals surface area contributed by atoms with E-state index >= 15 is 0 Å². The summed E-state index contributed by atoms with van der Waals surface area (Å²) in [5, 5.41) is 10.5. The van der Waals surface area contributed by atoms with Crippen molar-refractivity contribution in [2.75, 3.05) is 11.5 Å². The lowest BCUT2D eigenvalue weighted by atomic mass is 10.1. The van der Waals surface area contributed by atoms with Crippen LogP contribution >= 0.6 is 12.6 Å². The first kappa shape index (κ1) is 12.5. The fourth-order valence-corrected chi connectivity index (χ4v) is 1.30. The van der Waals surface area contributed by atoms with Crippen LogP contribution in [0.4, 0.5) is 15.8 Å². The van der Waals surface area contributed by atoms with E-state index in [1.54, 1.807) is 12.2 Å². The van der Waals surface area contributed by atoms with Gasteiger partial charge in [-0.25, -0.2) is 4.39 Å². The smallest absolute Gasteiger partial charge is 0.273 e. The van der Waals surface area contributed by atoms with Crippen LogP contribution in [0.1, 0.15) is 12.0 Å². The minimum Gasteiger partial charge on any atom is -0.396 e. The van der Waals surface area contributed by atoms with E-state index in [-0.39, 0.29) is 11.4 Å². The molecule has 6 heteroatoms. The molecular formula is C10H11FN2O2S. The highest BCUT2D eigenvalue weighted by Crippen LogP contribution is 2.24. The molecule has 4 nitrogen and oxygen atoms in total. The van der Waals surface area contributed by atoms with Gasteiger partial charge in [-0.1, -0.05) is 12.2 Å². The van der Waals surface area contributed by atoms with Gasteiger partial charge in [0.15, 0.2) is 5.82 Å². The SMILES string of the molecule is Nc1c(F)cc([N+](=O)[O-])cc1C=CCCS. The lowest BCUT2D eigenvalue weighted by Crippen LogP contribution is -1.97. The first-order valence-corrected chi connectivity index (χ1v) is 5.20. The molecule has 0 aliphatic carbocycles. The number of hydrogen-bond acceptors (Lipinski definition) is 4. The summed E-state index contributed by atoms with van der Waals surface area (Å²) in [5.41, 5.74) is 5.39. The third-order valence-corrected chi connectivity index (χ3v) is 2.21. The molecule has 0 heterocycles. The molecular weight excluding hydrogens is 231 g/mol. The Hall–Kier alpha value is -1.56. The zero-order chi connectivity index (χ0) is 12.1. The van der Waals surface area contributed by atoms with Crippen molar-refractivity contribution in [3.8, 4) is 0 Å². The Morgan fingerprint density at radius 3 is 2.81 bits per heavy atom. The number of nitrogens with two attached hydrogens (primary N) is 1. The number of nitro groups is 1. The number of non-ortho nitro benzene ring substituents is 1. The lowest BCUT2D eigenvalue weighted by molar-refractivity contribution is -0.385. The van der Waals surface area contributed by atoms with E-state index in [2.05, 4.69) is 12.6 Å². The second-order valence-corrected chi connectivity index (χ2v) is 3.55. The second-order valence-electron chi connectivity index (χ2n) is 3.10. The van der Waals surface area contributed by atoms with Gasteiger partial charge in [-0.05, 0) is 12.2 Å². The minimum absolute atomic E-state index is 0.0824. The summed E-state index contributed by atoms with van der Waals surface area (Å²) in [4.78, 5) is 9.85. The Balaban J connectivity index is 3.11. The Labute approximate surface area is 97.5 Å². The molecule has 16 heavy (non-hydrogen) atoms. The largest absolute Gasteiger partial charge is 0.396 e. The molecule has 0 aromatic heterocycles. The van der Waals surface area contributed by atoms with Crippen LogP contribution in [-0.4, -0.2) is 10.7 Å². The van der Waals surface area contributed by atoms with Gasteiger partial charge in [0.2, 0.25) is 0 Å². The molecule has 0 bridgehead atoms. The molecule has 86 valence electrons. The third kappa shape index (κ3) is 2.96. The standard InChI is InChI=1S/C10H11FN2O2S/c11-9-6-8(13(14)15)5-7(10(9)12)3-1-2-4-16/h1,3,5-6,16H,2,4,12H2. The van der Waals surface area contributed by atoms with Crippen LogP contribution in [0.5, 0.6) is 0 Å². The number of halogens is 1. The Morgan fingerprint density at radius 2 is 2.25 bits per heavy atom. The molecule has 2 N–H and O–H groups in total. The highest BCUT2D eigenvalue weighted by Gasteiger charge is 2.12. The molecule has 1 rings (SSSR count). The summed E-state index contributed by atoms with van der Waals surface area (Å²) in [7, 11) is 0. The van der Waals surface area contributed by atoms with Crippen molar-refractivity contribution in [2.45, 2.75) is 6.42 Å². The number of hydrogen-bond donors (Lipinski definition) is 2. The summed E-state index contributed by atoms with van der Waals surface area (Å²) in [6, 6.07) is 2.05. The van der Waals surface area contributed by atoms with Gasteiger partial charge in [0, 0.05) is 11.6 Å². The van der Waals surface area contributed by atoms with Crippen LogP contribution in [0.25, 0.3) is 6.08 Å². The maximum atomic E-state index is 13.2. The van der Waals surface area contributed by atoms with E-state index in [0.717, 1.165) is 6.07 Å². The van der Waals surface area contributed by atoms with E-state index in [9.17, 15) is 14.5 Å². The zero-order valence-electron chi connectivity index (χ0n) is 8.39. The van der Waals surface area contributed by atoms with E-state index < -0.39 is 10.7 Å². The summed E-state index contributed by atoms with van der Waals surface area (Å²) in [5.74, 6) is -0.131. The molecule has 0 saturated heterocycles. The highest BCUT2D eigenvalue weighted by molar-refractivity contribution is 7.80. The molecule has 0 saturated carbocycles. The average molecular weight is 242 g/mol. The zero-order valence-corrected chi connectivity index (χ0v) is 9.28. The van der Waals surface area contributed by atoms with Crippen molar-refractivity contribution >= 4 is 30.1 Å². The number of allylic oxidation sites excluding steroid dienone is 1. The molecule has 0 unspecified atom stereocenters. The van der Waals surface area contributed by atoms with Crippen molar-refractivity contribution in [1.82, 2.24) is 0 Å². The monoisotopic (exact) mass is 242 g/mol. The van der Waals surface area contributed by atoms with Crippen LogP contribution in [-0.2, 0) is 0 Å². The van der Waals surface area contributed by atoms with Crippen LogP contribution < -0.4 is 5.73 Å². The fourth-order valence-electron chi connectivity index (χ4n) is 1.15. The van der Waals surface area contributed by atoms with Gasteiger partial charge in [-0.2, -0.15) is 12.6 Å². The third-order valence-electron chi connectivity index (χ3n) is 1.95. The molecule has 0 atom stereocenters. The molecule has 0 aliphatic rings. The number of nitrogens with zero attached hydrogens (tertiary/aromatic N) is 1. The molecule has 1 aromatic carbocycles. The molecule has 0 amide bonds. The molecule has 0 aliphatic heterocycles. The number of benzene rings is 1. The number of thiol groups is 1. The Morgan fingerprint density at radius 1 is 1.56 bits per heavy atom. The Kier molecular flexibility index (Phi) is 4.30. The number of nitrogen functional groups attached to an aromatic ring is 1. The summed E-state index contributed by atoms with van der Waals surface area (Å²) in [6.07, 6.45) is 3.98. The van der Waals surface area contributed by atoms with Gasteiger partial charge in [0.05, 0.1) is 16.7 Å². The van der Waals surface area contributed by atoms with Crippen molar-refractivity contribution in [3.05, 3.63) is 39.7 Å². The maximum absolute atomic E-state index is 13.2. The molecule has 0 spiro atoms. The predicted octanol–water partition coefficient (Wildman–Crippen LogP) is 2.65. The fraction of sp³-hybridized carbons (Fsp3) is 0.200. The van der Waals surface area contributed by atoms with Crippen molar-refractivity contribution in [2.24, 2.45) is 0 Å². The van der Waals surface area contributed by atoms with Gasteiger partial charge in [-0.3, -0.25) is 10.1 Å². The van der Waals surface area contributed by atoms with Crippen LogP contribution in [0.15, 0.2) is 18.2 Å². The van der Waals surface area contributed by atoms with Gasteiger partial charge >= 0.3 is 0 Å². The summed E-state index contributed by atoms with van der Waals surface area (Å²) < 4.78 is 13.2. The number of anilines is 1. The van der Waals surface area contributed by atoms with Gasteiger partial charge < -0.3 is 5.73 Å². The van der Waals surface area contributed by atoms with Gasteiger partial charge in [0.1, 0.15) is 0 Å². The first-order valence-electron chi connectivity index (χ1n) is 4.57. The van der Waals surface area contributed by atoms with E-state index in [1.807, 2.05) is 0 Å². The first-order chi connectivity index (χ1) is 7.56. The van der Waals surface area contributed by atoms with Crippen LogP contribution in [0.2, 0.25) is 0 Å². The second kappa shape index (κ2) is 5.50. The van der Waals surface area contributed by atoms with Gasteiger partial charge in [-0.15, -0.1) is 0 Å². The van der Waals surface area contributed by atoms with E-state index in [1.165, 1.54) is 6.07 Å². The summed E-state index contributed by atoms with van der Waals surface area (Å²) in [6.45, 7) is 0. The van der Waals surface area contributed by atoms with Crippen molar-refractivity contribution in [3.63, 3.8) is 0 Å². The number of nitro benzene ring substituents is 1. The topological polar surface area (TPSA) is 69.2 Å². The summed E-state index contributed by atoms with van der Waals surface area (Å²) >= 11 is 4.00. The number of rotatable bonds is 4. The lowest BCUT2D eigenvalue weighted by Gasteiger charge is -2.02. The van der Waals surface area contributed by atoms with Crippen LogP contribution in [0.3, 0.4) is 0 Å². The van der Waals surface area contributed by atoms with Crippen LogP contribution in [0, 0.1) is 15.9 Å². The normalized spacial score (nSPS) is 10.9. The Bertz CT molecular complexity index is 435. The van der Waals surface area contributed by atoms with E-state index in [4.69, 9.17) is 5.73 Å². The quantitative estimate of drug-likeness (QED) is 0.369. The van der Waals surface area contributed by atoms with Crippen molar-refractivity contribution in [1.29, 1.82) is 0 Å². The molecule has 1 aromatic rings. The minimum atomic E-state index is -0.778. The maximum Gasteiger partial charge on any atom is 0.273 e. The molecule has 0 fully saturated rings. The van der Waals surface area contributed by atoms with Crippen molar-refractivity contribution < 1.29 is 9.31 Å². The molecule has 0 radical (unpaired) electrons. The highest BCUT2D eigenvalue weighted by atomic mass is 32.1. The predicted molar refractivity (Wildman–Crippen MR) is 65.0 cm³/mol. The average Bonchev–Trinajstić information content (AvgIpc) is 2.24. The van der Waals surface area contributed by atoms with Gasteiger partial charge in [0.25, 0.3) is 5.69 Å². The van der Waals surface area contributed by atoms with E-state index in [0.29, 0.717) is 17.7 Å².